The van der Waals surface area contributed by atoms with E-state index in [0.29, 0.717) is 11.8 Å². The molecule has 2 N–H and O–H groups in total. The topological polar surface area (TPSA) is 46.3 Å². The van der Waals surface area contributed by atoms with Crippen LogP contribution in [0.5, 0.6) is 0 Å². The Morgan fingerprint density at radius 2 is 2.13 bits per heavy atom. The van der Waals surface area contributed by atoms with Gasteiger partial charge >= 0.3 is 0 Å². The maximum absolute atomic E-state index is 11.8. The monoisotopic (exact) mass is 210 g/mol. The van der Waals surface area contributed by atoms with Crippen molar-refractivity contribution >= 4 is 5.91 Å². The van der Waals surface area contributed by atoms with Crippen molar-refractivity contribution in [1.29, 1.82) is 0 Å². The molecule has 1 saturated heterocycles. The van der Waals surface area contributed by atoms with Crippen molar-refractivity contribution in [3.63, 3.8) is 0 Å². The summed E-state index contributed by atoms with van der Waals surface area (Å²) in [6.07, 6.45) is 6.74. The van der Waals surface area contributed by atoms with E-state index in [4.69, 9.17) is 5.73 Å². The fraction of sp³-hybridized carbons (Fsp3) is 0.917. The van der Waals surface area contributed by atoms with E-state index in [1.54, 1.807) is 0 Å². The second-order valence-electron chi connectivity index (χ2n) is 5.36. The summed E-state index contributed by atoms with van der Waals surface area (Å²) >= 11 is 0. The fourth-order valence-electron chi connectivity index (χ4n) is 2.62. The summed E-state index contributed by atoms with van der Waals surface area (Å²) in [7, 11) is 0. The molecule has 0 radical (unpaired) electrons. The highest BCUT2D eigenvalue weighted by Crippen LogP contribution is 2.32. The highest BCUT2D eigenvalue weighted by Gasteiger charge is 2.41. The Morgan fingerprint density at radius 3 is 2.60 bits per heavy atom. The number of nitrogens with two attached hydrogens (primary N) is 1. The van der Waals surface area contributed by atoms with E-state index < -0.39 is 0 Å². The van der Waals surface area contributed by atoms with E-state index in [1.165, 1.54) is 19.3 Å². The van der Waals surface area contributed by atoms with Gasteiger partial charge in [0.15, 0.2) is 0 Å². The molecule has 2 rings (SSSR count). The predicted octanol–water partition coefficient (Wildman–Crippen LogP) is 1.52. The molecule has 0 aromatic carbocycles. The fourth-order valence-corrected chi connectivity index (χ4v) is 2.62. The maximum atomic E-state index is 11.8. The minimum absolute atomic E-state index is 0.0655. The van der Waals surface area contributed by atoms with Gasteiger partial charge in [0.25, 0.3) is 0 Å². The summed E-state index contributed by atoms with van der Waals surface area (Å²) < 4.78 is 0. The highest BCUT2D eigenvalue weighted by molar-refractivity contribution is 5.77. The molecular formula is C12H22N2O. The van der Waals surface area contributed by atoms with E-state index in [1.807, 2.05) is 4.90 Å². The Kier molecular flexibility index (Phi) is 3.01. The summed E-state index contributed by atoms with van der Waals surface area (Å²) in [5.41, 5.74) is 6.06. The first-order valence-electron chi connectivity index (χ1n) is 6.19. The molecule has 1 aliphatic carbocycles. The first kappa shape index (κ1) is 10.9. The predicted molar refractivity (Wildman–Crippen MR) is 60.4 cm³/mol. The molecule has 0 unspecified atom stereocenters. The quantitative estimate of drug-likeness (QED) is 0.764. The van der Waals surface area contributed by atoms with Crippen LogP contribution in [0, 0.1) is 5.92 Å². The summed E-state index contributed by atoms with van der Waals surface area (Å²) in [4.78, 5) is 13.7. The molecule has 0 spiro atoms. The molecular weight excluding hydrogens is 188 g/mol. The zero-order chi connectivity index (χ0) is 10.9. The molecule has 1 heterocycles. The summed E-state index contributed by atoms with van der Waals surface area (Å²) in [6, 6.07) is 0. The lowest BCUT2D eigenvalue weighted by atomic mass is 9.81. The lowest BCUT2D eigenvalue weighted by Gasteiger charge is -2.48. The number of nitrogens with zero attached hydrogens (tertiary/aromatic N) is 1. The zero-order valence-corrected chi connectivity index (χ0v) is 9.67. The zero-order valence-electron chi connectivity index (χ0n) is 9.67. The largest absolute Gasteiger partial charge is 0.339 e. The van der Waals surface area contributed by atoms with Crippen molar-refractivity contribution in [2.75, 3.05) is 13.1 Å². The van der Waals surface area contributed by atoms with Crippen LogP contribution in [0.25, 0.3) is 0 Å². The number of rotatable bonds is 4. The molecule has 86 valence electrons. The Balaban J connectivity index is 1.71. The second-order valence-corrected chi connectivity index (χ2v) is 5.36. The van der Waals surface area contributed by atoms with Gasteiger partial charge in [-0.05, 0) is 25.2 Å². The number of amides is 1. The van der Waals surface area contributed by atoms with Gasteiger partial charge in [-0.2, -0.15) is 0 Å². The normalized spacial score (nSPS) is 24.5. The molecule has 2 fully saturated rings. The van der Waals surface area contributed by atoms with Gasteiger partial charge in [-0.1, -0.05) is 19.8 Å². The molecule has 0 aromatic rings. The minimum Gasteiger partial charge on any atom is -0.339 e. The van der Waals surface area contributed by atoms with Gasteiger partial charge in [-0.3, -0.25) is 4.79 Å². The van der Waals surface area contributed by atoms with E-state index >= 15 is 0 Å². The Hall–Kier alpha value is -0.570. The van der Waals surface area contributed by atoms with Crippen LogP contribution in [0.3, 0.4) is 0 Å². The van der Waals surface area contributed by atoms with Crippen LogP contribution in [0.4, 0.5) is 0 Å². The van der Waals surface area contributed by atoms with Gasteiger partial charge in [-0.25, -0.2) is 0 Å². The van der Waals surface area contributed by atoms with Crippen molar-refractivity contribution in [2.45, 2.75) is 51.0 Å². The average molecular weight is 210 g/mol. The lowest BCUT2D eigenvalue weighted by Crippen LogP contribution is -2.68. The van der Waals surface area contributed by atoms with Crippen LogP contribution in [0.15, 0.2) is 0 Å². The van der Waals surface area contributed by atoms with Gasteiger partial charge in [0.2, 0.25) is 5.91 Å². The number of hydrogen-bond acceptors (Lipinski definition) is 2. The Morgan fingerprint density at radius 1 is 1.47 bits per heavy atom. The Bertz CT molecular complexity index is 242. The number of carbonyl (C=O) groups excluding carboxylic acids is 1. The van der Waals surface area contributed by atoms with Crippen LogP contribution in [0.2, 0.25) is 0 Å². The summed E-state index contributed by atoms with van der Waals surface area (Å²) in [5.74, 6) is 1.01. The standard InChI is InChI=1S/C12H22N2O/c1-2-6-12(13)8-14(9-12)11(15)7-10-4-3-5-10/h10H,2-9,13H2,1H3. The van der Waals surface area contributed by atoms with Crippen LogP contribution in [-0.4, -0.2) is 29.4 Å². The number of carbonyl (C=O) groups is 1. The highest BCUT2D eigenvalue weighted by atomic mass is 16.2. The van der Waals surface area contributed by atoms with E-state index in [0.717, 1.165) is 32.4 Å². The lowest BCUT2D eigenvalue weighted by molar-refractivity contribution is -0.140. The molecule has 3 heteroatoms. The van der Waals surface area contributed by atoms with E-state index in [9.17, 15) is 4.79 Å². The Labute approximate surface area is 92.0 Å². The average Bonchev–Trinajstić information content (AvgIpc) is 2.07. The van der Waals surface area contributed by atoms with E-state index in [2.05, 4.69) is 6.92 Å². The molecule has 3 nitrogen and oxygen atoms in total. The summed E-state index contributed by atoms with van der Waals surface area (Å²) in [6.45, 7) is 3.71. The molecule has 1 aliphatic heterocycles. The van der Waals surface area contributed by atoms with Crippen LogP contribution < -0.4 is 5.73 Å². The molecule has 0 atom stereocenters. The van der Waals surface area contributed by atoms with Crippen LogP contribution in [0.1, 0.15) is 45.4 Å². The van der Waals surface area contributed by atoms with Crippen LogP contribution in [-0.2, 0) is 4.79 Å². The molecule has 0 aromatic heterocycles. The first-order chi connectivity index (χ1) is 7.13. The van der Waals surface area contributed by atoms with Crippen molar-refractivity contribution in [2.24, 2.45) is 11.7 Å². The van der Waals surface area contributed by atoms with E-state index in [-0.39, 0.29) is 5.54 Å². The van der Waals surface area contributed by atoms with Crippen molar-refractivity contribution in [3.8, 4) is 0 Å². The molecule has 15 heavy (non-hydrogen) atoms. The van der Waals surface area contributed by atoms with Gasteiger partial charge in [-0.15, -0.1) is 0 Å². The molecule has 1 amide bonds. The van der Waals surface area contributed by atoms with Crippen molar-refractivity contribution < 1.29 is 4.79 Å². The molecule has 0 bridgehead atoms. The van der Waals surface area contributed by atoms with Gasteiger partial charge in [0.1, 0.15) is 0 Å². The van der Waals surface area contributed by atoms with Gasteiger partial charge in [0.05, 0.1) is 5.54 Å². The second kappa shape index (κ2) is 4.12. The number of likely N-dealkylation sites (tertiary alicyclic amines) is 1. The van der Waals surface area contributed by atoms with Crippen molar-refractivity contribution in [3.05, 3.63) is 0 Å². The smallest absolute Gasteiger partial charge is 0.222 e. The van der Waals surface area contributed by atoms with Gasteiger partial charge < -0.3 is 10.6 Å². The molecule has 1 saturated carbocycles. The number of hydrogen-bond donors (Lipinski definition) is 1. The van der Waals surface area contributed by atoms with Gasteiger partial charge in [0, 0.05) is 19.5 Å². The van der Waals surface area contributed by atoms with Crippen LogP contribution >= 0.6 is 0 Å². The third-order valence-electron chi connectivity index (χ3n) is 3.80. The minimum atomic E-state index is -0.0655. The molecule has 2 aliphatic rings. The summed E-state index contributed by atoms with van der Waals surface area (Å²) in [5, 5.41) is 0. The third kappa shape index (κ3) is 2.33. The SMILES string of the molecule is CCCC1(N)CN(C(=O)CC2CCC2)C1. The third-order valence-corrected chi connectivity index (χ3v) is 3.80. The van der Waals surface area contributed by atoms with Crippen molar-refractivity contribution in [1.82, 2.24) is 4.90 Å². The first-order valence-corrected chi connectivity index (χ1v) is 6.19. The maximum Gasteiger partial charge on any atom is 0.222 e.